The lowest BCUT2D eigenvalue weighted by atomic mass is 10.1. The number of aromatic nitrogens is 1. The van der Waals surface area contributed by atoms with Gasteiger partial charge >= 0.3 is 0 Å². The van der Waals surface area contributed by atoms with Gasteiger partial charge in [0.15, 0.2) is 11.5 Å². The van der Waals surface area contributed by atoms with Crippen molar-refractivity contribution in [2.45, 2.75) is 6.54 Å². The minimum atomic E-state index is 0.635. The largest absolute Gasteiger partial charge is 0.493 e. The van der Waals surface area contributed by atoms with Crippen molar-refractivity contribution in [3.05, 3.63) is 60.3 Å². The van der Waals surface area contributed by atoms with Crippen molar-refractivity contribution >= 4 is 16.6 Å². The molecule has 1 N–H and O–H groups in total. The van der Waals surface area contributed by atoms with Gasteiger partial charge in [-0.1, -0.05) is 30.3 Å². The summed E-state index contributed by atoms with van der Waals surface area (Å²) in [6.07, 6.45) is 1.81. The molecular formula is C18H18N2O2. The smallest absolute Gasteiger partial charge is 0.165 e. The minimum absolute atomic E-state index is 0.635. The van der Waals surface area contributed by atoms with E-state index < -0.39 is 0 Å². The molecule has 0 bridgehead atoms. The molecule has 4 heteroatoms. The van der Waals surface area contributed by atoms with Crippen LogP contribution in [-0.4, -0.2) is 19.2 Å². The van der Waals surface area contributed by atoms with E-state index in [0.29, 0.717) is 6.54 Å². The Kier molecular flexibility index (Phi) is 4.10. The predicted octanol–water partition coefficient (Wildman–Crippen LogP) is 3.86. The van der Waals surface area contributed by atoms with Gasteiger partial charge in [0.25, 0.3) is 0 Å². The summed E-state index contributed by atoms with van der Waals surface area (Å²) in [6, 6.07) is 16.0. The van der Waals surface area contributed by atoms with Crippen LogP contribution in [0.4, 0.5) is 5.69 Å². The normalized spacial score (nSPS) is 10.5. The number of fused-ring (bicyclic) bond motifs is 1. The Morgan fingerprint density at radius 1 is 0.955 bits per heavy atom. The molecule has 0 atom stereocenters. The maximum Gasteiger partial charge on any atom is 0.165 e. The van der Waals surface area contributed by atoms with Crippen molar-refractivity contribution in [2.24, 2.45) is 0 Å². The van der Waals surface area contributed by atoms with E-state index in [1.165, 1.54) is 0 Å². The lowest BCUT2D eigenvalue weighted by Crippen LogP contribution is -2.03. The second-order valence-electron chi connectivity index (χ2n) is 4.89. The molecule has 112 valence electrons. The number of nitrogens with zero attached hydrogens (tertiary/aromatic N) is 1. The van der Waals surface area contributed by atoms with Crippen LogP contribution < -0.4 is 14.8 Å². The molecule has 0 amide bonds. The number of pyridine rings is 1. The van der Waals surface area contributed by atoms with Gasteiger partial charge in [0, 0.05) is 23.7 Å². The first-order valence-corrected chi connectivity index (χ1v) is 7.11. The van der Waals surface area contributed by atoms with Gasteiger partial charge in [-0.05, 0) is 18.2 Å². The van der Waals surface area contributed by atoms with E-state index in [9.17, 15) is 0 Å². The number of anilines is 1. The fourth-order valence-electron chi connectivity index (χ4n) is 2.53. The van der Waals surface area contributed by atoms with Crippen LogP contribution in [0.5, 0.6) is 11.5 Å². The molecule has 3 aromatic rings. The number of benzene rings is 2. The predicted molar refractivity (Wildman–Crippen MR) is 88.6 cm³/mol. The Balaban J connectivity index is 1.89. The van der Waals surface area contributed by atoms with Crippen molar-refractivity contribution in [1.29, 1.82) is 0 Å². The highest BCUT2D eigenvalue weighted by Gasteiger charge is 2.09. The second-order valence-corrected chi connectivity index (χ2v) is 4.89. The quantitative estimate of drug-likeness (QED) is 0.776. The van der Waals surface area contributed by atoms with E-state index >= 15 is 0 Å². The van der Waals surface area contributed by atoms with E-state index in [2.05, 4.69) is 22.4 Å². The van der Waals surface area contributed by atoms with Gasteiger partial charge in [0.05, 0.1) is 25.4 Å². The van der Waals surface area contributed by atoms with Crippen molar-refractivity contribution in [1.82, 2.24) is 4.98 Å². The first-order valence-electron chi connectivity index (χ1n) is 7.11. The molecule has 0 aliphatic carbocycles. The van der Waals surface area contributed by atoms with Crippen LogP contribution in [0.1, 0.15) is 5.56 Å². The number of rotatable bonds is 5. The lowest BCUT2D eigenvalue weighted by Gasteiger charge is -2.14. The van der Waals surface area contributed by atoms with Crippen LogP contribution in [0.3, 0.4) is 0 Å². The summed E-state index contributed by atoms with van der Waals surface area (Å²) in [5.41, 5.74) is 3.00. The number of ether oxygens (including phenoxy) is 2. The molecule has 3 rings (SSSR count). The van der Waals surface area contributed by atoms with Crippen LogP contribution >= 0.6 is 0 Å². The number of nitrogens with one attached hydrogen (secondary N) is 1. The molecule has 0 radical (unpaired) electrons. The fourth-order valence-corrected chi connectivity index (χ4v) is 2.53. The van der Waals surface area contributed by atoms with Crippen LogP contribution in [0.2, 0.25) is 0 Å². The minimum Gasteiger partial charge on any atom is -0.493 e. The topological polar surface area (TPSA) is 43.4 Å². The third kappa shape index (κ3) is 2.68. The SMILES string of the molecule is COc1cccc(CNc2cccc3cccnc23)c1OC. The van der Waals surface area contributed by atoms with Crippen LogP contribution in [0.25, 0.3) is 10.9 Å². The van der Waals surface area contributed by atoms with Gasteiger partial charge in [-0.2, -0.15) is 0 Å². The molecule has 0 aliphatic rings. The van der Waals surface area contributed by atoms with Gasteiger partial charge in [-0.25, -0.2) is 0 Å². The Morgan fingerprint density at radius 2 is 1.77 bits per heavy atom. The fraction of sp³-hybridized carbons (Fsp3) is 0.167. The highest BCUT2D eigenvalue weighted by atomic mass is 16.5. The third-order valence-electron chi connectivity index (χ3n) is 3.59. The summed E-state index contributed by atoms with van der Waals surface area (Å²) < 4.78 is 10.8. The van der Waals surface area contributed by atoms with E-state index in [4.69, 9.17) is 9.47 Å². The maximum absolute atomic E-state index is 5.46. The van der Waals surface area contributed by atoms with E-state index in [1.807, 2.05) is 36.4 Å². The summed E-state index contributed by atoms with van der Waals surface area (Å²) in [5, 5.41) is 4.55. The molecule has 4 nitrogen and oxygen atoms in total. The molecule has 0 fully saturated rings. The highest BCUT2D eigenvalue weighted by molar-refractivity contribution is 5.90. The molecule has 0 saturated carbocycles. The molecule has 0 spiro atoms. The summed E-state index contributed by atoms with van der Waals surface area (Å²) >= 11 is 0. The van der Waals surface area contributed by atoms with Crippen LogP contribution in [0, 0.1) is 0 Å². The Labute approximate surface area is 129 Å². The summed E-state index contributed by atoms with van der Waals surface area (Å²) in [6.45, 7) is 0.635. The molecular weight excluding hydrogens is 276 g/mol. The third-order valence-corrected chi connectivity index (χ3v) is 3.59. The van der Waals surface area contributed by atoms with Gasteiger partial charge in [0.2, 0.25) is 0 Å². The van der Waals surface area contributed by atoms with E-state index in [-0.39, 0.29) is 0 Å². The highest BCUT2D eigenvalue weighted by Crippen LogP contribution is 2.31. The van der Waals surface area contributed by atoms with Gasteiger partial charge < -0.3 is 14.8 Å². The molecule has 22 heavy (non-hydrogen) atoms. The van der Waals surface area contributed by atoms with Gasteiger partial charge in [0.1, 0.15) is 0 Å². The summed E-state index contributed by atoms with van der Waals surface area (Å²) in [7, 11) is 3.30. The second kappa shape index (κ2) is 6.35. The zero-order valence-electron chi connectivity index (χ0n) is 12.7. The number of hydrogen-bond acceptors (Lipinski definition) is 4. The standard InChI is InChI=1S/C18H18N2O2/c1-21-16-10-4-7-14(18(16)22-2)12-20-15-9-3-6-13-8-5-11-19-17(13)15/h3-11,20H,12H2,1-2H3. The van der Waals surface area contributed by atoms with Crippen molar-refractivity contribution < 1.29 is 9.47 Å². The van der Waals surface area contributed by atoms with E-state index in [1.54, 1.807) is 20.4 Å². The molecule has 0 unspecified atom stereocenters. The van der Waals surface area contributed by atoms with E-state index in [0.717, 1.165) is 33.7 Å². The zero-order valence-corrected chi connectivity index (χ0v) is 12.7. The van der Waals surface area contributed by atoms with Crippen LogP contribution in [-0.2, 0) is 6.54 Å². The molecule has 0 saturated heterocycles. The van der Waals surface area contributed by atoms with Crippen LogP contribution in [0.15, 0.2) is 54.7 Å². The molecule has 1 aromatic heterocycles. The summed E-state index contributed by atoms with van der Waals surface area (Å²) in [5.74, 6) is 1.49. The molecule has 1 heterocycles. The van der Waals surface area contributed by atoms with Gasteiger partial charge in [-0.15, -0.1) is 0 Å². The zero-order chi connectivity index (χ0) is 15.4. The Bertz CT molecular complexity index is 782. The monoisotopic (exact) mass is 294 g/mol. The Hall–Kier alpha value is -2.75. The van der Waals surface area contributed by atoms with Crippen molar-refractivity contribution in [3.63, 3.8) is 0 Å². The average Bonchev–Trinajstić information content (AvgIpc) is 2.59. The maximum atomic E-state index is 5.46. The van der Waals surface area contributed by atoms with Crippen molar-refractivity contribution in [2.75, 3.05) is 19.5 Å². The first kappa shape index (κ1) is 14.2. The number of hydrogen-bond donors (Lipinski definition) is 1. The summed E-state index contributed by atoms with van der Waals surface area (Å²) in [4.78, 5) is 4.45. The number of para-hydroxylation sites is 2. The average molecular weight is 294 g/mol. The Morgan fingerprint density at radius 3 is 2.59 bits per heavy atom. The first-order chi connectivity index (χ1) is 10.8. The number of methoxy groups -OCH3 is 2. The lowest BCUT2D eigenvalue weighted by molar-refractivity contribution is 0.352. The van der Waals surface area contributed by atoms with Gasteiger partial charge in [-0.3, -0.25) is 4.98 Å². The molecule has 0 aliphatic heterocycles. The molecule has 2 aromatic carbocycles. The van der Waals surface area contributed by atoms with Crippen molar-refractivity contribution in [3.8, 4) is 11.5 Å².